The molecule has 3 nitrogen and oxygen atoms in total. The molecule has 0 bridgehead atoms. The first-order valence-electron chi connectivity index (χ1n) is 4.71. The monoisotopic (exact) mass is 273 g/mol. The van der Waals surface area contributed by atoms with Crippen molar-refractivity contribution in [3.05, 3.63) is 28.2 Å². The van der Waals surface area contributed by atoms with Crippen LogP contribution in [0.2, 0.25) is 0 Å². The molecule has 15 heavy (non-hydrogen) atoms. The molecule has 1 N–H and O–H groups in total. The van der Waals surface area contributed by atoms with Gasteiger partial charge in [-0.05, 0) is 32.3 Å². The lowest BCUT2D eigenvalue weighted by atomic mass is 10.1. The van der Waals surface area contributed by atoms with Crippen molar-refractivity contribution in [3.63, 3.8) is 0 Å². The van der Waals surface area contributed by atoms with Crippen LogP contribution in [0.15, 0.2) is 22.7 Å². The van der Waals surface area contributed by atoms with Crippen LogP contribution in [0, 0.1) is 0 Å². The van der Waals surface area contributed by atoms with Crippen LogP contribution in [-0.2, 0) is 0 Å². The Kier molecular flexibility index (Phi) is 4.57. The maximum absolute atomic E-state index is 9.35. The number of aliphatic hydroxyl groups is 1. The predicted molar refractivity (Wildman–Crippen MR) is 64.2 cm³/mol. The van der Waals surface area contributed by atoms with E-state index < -0.39 is 0 Å². The van der Waals surface area contributed by atoms with E-state index in [4.69, 9.17) is 4.74 Å². The third-order valence-corrected chi connectivity index (χ3v) is 2.84. The number of halogens is 1. The van der Waals surface area contributed by atoms with Crippen LogP contribution in [0.1, 0.15) is 11.6 Å². The molecule has 0 fully saturated rings. The highest BCUT2D eigenvalue weighted by Gasteiger charge is 2.17. The van der Waals surface area contributed by atoms with Gasteiger partial charge in [0.25, 0.3) is 0 Å². The summed E-state index contributed by atoms with van der Waals surface area (Å²) in [5.74, 6) is 0.797. The van der Waals surface area contributed by atoms with Gasteiger partial charge >= 0.3 is 0 Å². The lowest BCUT2D eigenvalue weighted by Crippen LogP contribution is -2.23. The molecule has 0 heterocycles. The zero-order valence-corrected chi connectivity index (χ0v) is 10.8. The second-order valence-electron chi connectivity index (χ2n) is 3.55. The zero-order valence-electron chi connectivity index (χ0n) is 9.20. The fourth-order valence-corrected chi connectivity index (χ4v) is 1.88. The average molecular weight is 274 g/mol. The van der Waals surface area contributed by atoms with E-state index in [0.717, 1.165) is 15.8 Å². The van der Waals surface area contributed by atoms with Gasteiger partial charge in [-0.1, -0.05) is 15.9 Å². The van der Waals surface area contributed by atoms with E-state index in [1.165, 1.54) is 0 Å². The Balaban J connectivity index is 3.13. The summed E-state index contributed by atoms with van der Waals surface area (Å²) < 4.78 is 6.26. The molecule has 1 rings (SSSR count). The van der Waals surface area contributed by atoms with E-state index in [0.29, 0.717) is 0 Å². The van der Waals surface area contributed by atoms with Gasteiger partial charge in [-0.15, -0.1) is 0 Å². The second-order valence-corrected chi connectivity index (χ2v) is 4.46. The summed E-state index contributed by atoms with van der Waals surface area (Å²) in [4.78, 5) is 1.96. The molecule has 0 aromatic heterocycles. The van der Waals surface area contributed by atoms with Crippen LogP contribution >= 0.6 is 15.9 Å². The summed E-state index contributed by atoms with van der Waals surface area (Å²) in [6.07, 6.45) is 0. The summed E-state index contributed by atoms with van der Waals surface area (Å²) in [6, 6.07) is 5.75. The minimum Gasteiger partial charge on any atom is -0.496 e. The topological polar surface area (TPSA) is 32.7 Å². The Labute approximate surface area is 98.8 Å². The molecule has 0 saturated carbocycles. The van der Waals surface area contributed by atoms with Crippen LogP contribution < -0.4 is 4.74 Å². The molecular weight excluding hydrogens is 258 g/mol. The van der Waals surface area contributed by atoms with Crippen molar-refractivity contribution in [1.29, 1.82) is 0 Å². The molecule has 0 radical (unpaired) electrons. The number of methoxy groups -OCH3 is 1. The zero-order chi connectivity index (χ0) is 11.4. The first kappa shape index (κ1) is 12.5. The minimum atomic E-state index is -0.0440. The maximum atomic E-state index is 9.35. The Morgan fingerprint density at radius 2 is 2.13 bits per heavy atom. The Bertz CT molecular complexity index is 328. The molecular formula is C11H16BrNO2. The molecule has 1 unspecified atom stereocenters. The van der Waals surface area contributed by atoms with Gasteiger partial charge < -0.3 is 14.7 Å². The quantitative estimate of drug-likeness (QED) is 0.912. The van der Waals surface area contributed by atoms with E-state index in [9.17, 15) is 5.11 Å². The van der Waals surface area contributed by atoms with Gasteiger partial charge in [0.2, 0.25) is 0 Å². The van der Waals surface area contributed by atoms with Crippen molar-refractivity contribution in [2.24, 2.45) is 0 Å². The smallest absolute Gasteiger partial charge is 0.123 e. The number of hydrogen-bond donors (Lipinski definition) is 1. The fourth-order valence-electron chi connectivity index (χ4n) is 1.51. The number of ether oxygens (including phenoxy) is 1. The first-order chi connectivity index (χ1) is 7.10. The number of rotatable bonds is 4. The van der Waals surface area contributed by atoms with E-state index in [2.05, 4.69) is 15.9 Å². The van der Waals surface area contributed by atoms with E-state index in [-0.39, 0.29) is 12.6 Å². The number of benzene rings is 1. The third-order valence-electron chi connectivity index (χ3n) is 2.35. The molecule has 1 aromatic carbocycles. The van der Waals surface area contributed by atoms with Crippen molar-refractivity contribution in [2.75, 3.05) is 27.8 Å². The summed E-state index contributed by atoms with van der Waals surface area (Å²) in [7, 11) is 5.50. The standard InChI is InChI=1S/C11H16BrNO2/c1-13(2)10(7-14)9-6-8(12)4-5-11(9)15-3/h4-6,10,14H,7H2,1-3H3. The van der Waals surface area contributed by atoms with Gasteiger partial charge in [-0.3, -0.25) is 0 Å². The third kappa shape index (κ3) is 2.93. The maximum Gasteiger partial charge on any atom is 0.123 e. The Morgan fingerprint density at radius 1 is 1.47 bits per heavy atom. The summed E-state index contributed by atoms with van der Waals surface area (Å²) in [6.45, 7) is 0.0693. The second kappa shape index (κ2) is 5.49. The van der Waals surface area contributed by atoms with Crippen molar-refractivity contribution in [1.82, 2.24) is 4.90 Å². The van der Waals surface area contributed by atoms with Gasteiger partial charge in [-0.2, -0.15) is 0 Å². The highest BCUT2D eigenvalue weighted by molar-refractivity contribution is 9.10. The Hall–Kier alpha value is -0.580. The van der Waals surface area contributed by atoms with E-state index in [1.54, 1.807) is 7.11 Å². The fraction of sp³-hybridized carbons (Fsp3) is 0.455. The van der Waals surface area contributed by atoms with Crippen LogP contribution in [-0.4, -0.2) is 37.8 Å². The van der Waals surface area contributed by atoms with Gasteiger partial charge in [-0.25, -0.2) is 0 Å². The predicted octanol–water partition coefficient (Wildman–Crippen LogP) is 2.05. The molecule has 0 aliphatic rings. The molecule has 0 amide bonds. The van der Waals surface area contributed by atoms with Crippen LogP contribution in [0.4, 0.5) is 0 Å². The number of nitrogens with zero attached hydrogens (tertiary/aromatic N) is 1. The minimum absolute atomic E-state index is 0.0440. The normalized spacial score (nSPS) is 12.9. The lowest BCUT2D eigenvalue weighted by Gasteiger charge is -2.24. The number of hydrogen-bond acceptors (Lipinski definition) is 3. The molecule has 0 spiro atoms. The molecule has 0 saturated heterocycles. The van der Waals surface area contributed by atoms with E-state index in [1.807, 2.05) is 37.2 Å². The molecule has 1 aromatic rings. The van der Waals surface area contributed by atoms with Crippen LogP contribution in [0.5, 0.6) is 5.75 Å². The summed E-state index contributed by atoms with van der Waals surface area (Å²) in [5.41, 5.74) is 0.986. The van der Waals surface area contributed by atoms with Gasteiger partial charge in [0, 0.05) is 10.0 Å². The first-order valence-corrected chi connectivity index (χ1v) is 5.50. The van der Waals surface area contributed by atoms with E-state index >= 15 is 0 Å². The molecule has 1 atom stereocenters. The van der Waals surface area contributed by atoms with Gasteiger partial charge in [0.15, 0.2) is 0 Å². The SMILES string of the molecule is COc1ccc(Br)cc1C(CO)N(C)C. The number of aliphatic hydroxyl groups excluding tert-OH is 1. The van der Waals surface area contributed by atoms with Crippen molar-refractivity contribution >= 4 is 15.9 Å². The molecule has 0 aliphatic heterocycles. The Morgan fingerprint density at radius 3 is 2.60 bits per heavy atom. The van der Waals surface area contributed by atoms with Crippen LogP contribution in [0.25, 0.3) is 0 Å². The number of likely N-dealkylation sites (N-methyl/N-ethyl adjacent to an activating group) is 1. The van der Waals surface area contributed by atoms with Crippen LogP contribution in [0.3, 0.4) is 0 Å². The van der Waals surface area contributed by atoms with Crippen molar-refractivity contribution in [2.45, 2.75) is 6.04 Å². The highest BCUT2D eigenvalue weighted by Crippen LogP contribution is 2.30. The average Bonchev–Trinajstić information content (AvgIpc) is 2.18. The molecule has 4 heteroatoms. The summed E-state index contributed by atoms with van der Waals surface area (Å²) in [5, 5.41) is 9.35. The highest BCUT2D eigenvalue weighted by atomic mass is 79.9. The molecule has 0 aliphatic carbocycles. The lowest BCUT2D eigenvalue weighted by molar-refractivity contribution is 0.168. The van der Waals surface area contributed by atoms with Gasteiger partial charge in [0.05, 0.1) is 19.8 Å². The van der Waals surface area contributed by atoms with Crippen molar-refractivity contribution < 1.29 is 9.84 Å². The molecule has 84 valence electrons. The summed E-state index contributed by atoms with van der Waals surface area (Å²) >= 11 is 3.42. The largest absolute Gasteiger partial charge is 0.496 e. The van der Waals surface area contributed by atoms with Crippen molar-refractivity contribution in [3.8, 4) is 5.75 Å². The van der Waals surface area contributed by atoms with Gasteiger partial charge in [0.1, 0.15) is 5.75 Å².